The molecule has 0 saturated heterocycles. The highest BCUT2D eigenvalue weighted by Gasteiger charge is 2.11. The second kappa shape index (κ2) is 6.78. The summed E-state index contributed by atoms with van der Waals surface area (Å²) in [5.41, 5.74) is 1.70. The standard InChI is InChI=1S/C16H15N5O3/c1-23-12-4-3-11(9-13(12)24-2)18-20-15-14(19-21-16(15)22)10-5-7-17-8-6-10/h3-9H,1-2H3,(H2,19,21,22). The Labute approximate surface area is 137 Å². The Bertz CT molecular complexity index is 915. The van der Waals surface area contributed by atoms with E-state index in [-0.39, 0.29) is 11.2 Å². The van der Waals surface area contributed by atoms with Gasteiger partial charge in [-0.25, -0.2) is 0 Å². The first-order valence-corrected chi connectivity index (χ1v) is 7.07. The Balaban J connectivity index is 1.96. The number of aromatic amines is 2. The number of hydrogen-bond acceptors (Lipinski definition) is 6. The van der Waals surface area contributed by atoms with Crippen LogP contribution < -0.4 is 15.0 Å². The zero-order valence-electron chi connectivity index (χ0n) is 13.1. The molecule has 1 aromatic carbocycles. The molecule has 0 aliphatic heterocycles. The van der Waals surface area contributed by atoms with Crippen molar-refractivity contribution in [2.45, 2.75) is 0 Å². The lowest BCUT2D eigenvalue weighted by atomic mass is 10.2. The van der Waals surface area contributed by atoms with Gasteiger partial charge in [0.15, 0.2) is 17.2 Å². The molecule has 2 N–H and O–H groups in total. The first-order chi connectivity index (χ1) is 11.7. The lowest BCUT2D eigenvalue weighted by Gasteiger charge is -2.06. The Morgan fingerprint density at radius 1 is 0.958 bits per heavy atom. The minimum Gasteiger partial charge on any atom is -0.493 e. The zero-order chi connectivity index (χ0) is 16.9. The summed E-state index contributed by atoms with van der Waals surface area (Å²) in [6, 6.07) is 8.66. The molecule has 0 unspecified atom stereocenters. The maximum Gasteiger partial charge on any atom is 0.292 e. The maximum atomic E-state index is 12.0. The number of benzene rings is 1. The van der Waals surface area contributed by atoms with Crippen LogP contribution in [0.25, 0.3) is 11.3 Å². The molecule has 0 spiro atoms. The summed E-state index contributed by atoms with van der Waals surface area (Å²) in [7, 11) is 3.09. The summed E-state index contributed by atoms with van der Waals surface area (Å²) in [5.74, 6) is 1.12. The highest BCUT2D eigenvalue weighted by atomic mass is 16.5. The van der Waals surface area contributed by atoms with Crippen LogP contribution in [0.5, 0.6) is 11.5 Å². The van der Waals surface area contributed by atoms with Gasteiger partial charge in [-0.05, 0) is 24.3 Å². The molecule has 24 heavy (non-hydrogen) atoms. The summed E-state index contributed by atoms with van der Waals surface area (Å²) in [4.78, 5) is 15.9. The Hall–Kier alpha value is -3.42. The van der Waals surface area contributed by atoms with Crippen molar-refractivity contribution in [3.8, 4) is 22.8 Å². The van der Waals surface area contributed by atoms with E-state index in [0.717, 1.165) is 5.56 Å². The van der Waals surface area contributed by atoms with Crippen LogP contribution in [0, 0.1) is 0 Å². The Kier molecular flexibility index (Phi) is 4.37. The van der Waals surface area contributed by atoms with Crippen molar-refractivity contribution in [3.63, 3.8) is 0 Å². The van der Waals surface area contributed by atoms with Gasteiger partial charge < -0.3 is 9.47 Å². The number of azo groups is 1. The largest absolute Gasteiger partial charge is 0.493 e. The molecule has 3 aromatic rings. The van der Waals surface area contributed by atoms with Gasteiger partial charge in [0.05, 0.1) is 25.6 Å². The second-order valence-corrected chi connectivity index (χ2v) is 4.78. The van der Waals surface area contributed by atoms with Crippen molar-refractivity contribution in [2.24, 2.45) is 10.2 Å². The maximum absolute atomic E-state index is 12.0. The third-order valence-electron chi connectivity index (χ3n) is 3.35. The van der Waals surface area contributed by atoms with Crippen LogP contribution in [0.1, 0.15) is 0 Å². The quantitative estimate of drug-likeness (QED) is 0.703. The van der Waals surface area contributed by atoms with Crippen molar-refractivity contribution in [3.05, 3.63) is 53.1 Å². The number of methoxy groups -OCH3 is 2. The fraction of sp³-hybridized carbons (Fsp3) is 0.125. The average Bonchev–Trinajstić information content (AvgIpc) is 3.01. The number of ether oxygens (including phenoxy) is 2. The first kappa shape index (κ1) is 15.5. The predicted octanol–water partition coefficient (Wildman–Crippen LogP) is 3.20. The van der Waals surface area contributed by atoms with Crippen LogP contribution in [0.3, 0.4) is 0 Å². The van der Waals surface area contributed by atoms with Gasteiger partial charge >= 0.3 is 0 Å². The van der Waals surface area contributed by atoms with Crippen molar-refractivity contribution in [1.82, 2.24) is 15.2 Å². The van der Waals surface area contributed by atoms with Crippen LogP contribution in [0.15, 0.2) is 57.7 Å². The first-order valence-electron chi connectivity index (χ1n) is 7.07. The molecular formula is C16H15N5O3. The van der Waals surface area contributed by atoms with Gasteiger partial charge in [-0.3, -0.25) is 20.0 Å². The third-order valence-corrected chi connectivity index (χ3v) is 3.35. The molecule has 0 saturated carbocycles. The summed E-state index contributed by atoms with van der Waals surface area (Å²) in [6.45, 7) is 0. The molecule has 8 heteroatoms. The zero-order valence-corrected chi connectivity index (χ0v) is 13.1. The van der Waals surface area contributed by atoms with Crippen molar-refractivity contribution >= 4 is 11.4 Å². The lowest BCUT2D eigenvalue weighted by molar-refractivity contribution is 0.355. The molecule has 0 amide bonds. The number of nitrogens with one attached hydrogen (secondary N) is 2. The molecule has 3 rings (SSSR count). The molecule has 0 aliphatic rings. The highest BCUT2D eigenvalue weighted by Crippen LogP contribution is 2.32. The molecule has 8 nitrogen and oxygen atoms in total. The molecule has 122 valence electrons. The number of rotatable bonds is 5. The van der Waals surface area contributed by atoms with Gasteiger partial charge in [0.25, 0.3) is 5.56 Å². The van der Waals surface area contributed by atoms with Crippen LogP contribution in [0.4, 0.5) is 11.4 Å². The molecular weight excluding hydrogens is 310 g/mol. The number of pyridine rings is 1. The smallest absolute Gasteiger partial charge is 0.292 e. The van der Waals surface area contributed by atoms with Gasteiger partial charge in [0.2, 0.25) is 0 Å². The van der Waals surface area contributed by atoms with E-state index >= 15 is 0 Å². The minimum atomic E-state index is -0.356. The van der Waals surface area contributed by atoms with Crippen LogP contribution in [0.2, 0.25) is 0 Å². The topological polar surface area (TPSA) is 105 Å². The van der Waals surface area contributed by atoms with Crippen LogP contribution >= 0.6 is 0 Å². The van der Waals surface area contributed by atoms with Gasteiger partial charge in [-0.2, -0.15) is 5.11 Å². The summed E-state index contributed by atoms with van der Waals surface area (Å²) < 4.78 is 10.4. The van der Waals surface area contributed by atoms with Gasteiger partial charge in [-0.15, -0.1) is 5.11 Å². The molecule has 2 aromatic heterocycles. The van der Waals surface area contributed by atoms with Crippen molar-refractivity contribution < 1.29 is 9.47 Å². The predicted molar refractivity (Wildman–Crippen MR) is 88.4 cm³/mol. The highest BCUT2D eigenvalue weighted by molar-refractivity contribution is 5.70. The number of aromatic nitrogens is 3. The lowest BCUT2D eigenvalue weighted by Crippen LogP contribution is -1.96. The number of H-pyrrole nitrogens is 2. The van der Waals surface area contributed by atoms with Crippen molar-refractivity contribution in [2.75, 3.05) is 14.2 Å². The normalized spacial score (nSPS) is 10.9. The number of nitrogens with zero attached hydrogens (tertiary/aromatic N) is 3. The molecule has 0 atom stereocenters. The van der Waals surface area contributed by atoms with E-state index < -0.39 is 0 Å². The Morgan fingerprint density at radius 2 is 1.71 bits per heavy atom. The van der Waals surface area contributed by atoms with E-state index in [9.17, 15) is 4.79 Å². The minimum absolute atomic E-state index is 0.191. The summed E-state index contributed by atoms with van der Waals surface area (Å²) >= 11 is 0. The SMILES string of the molecule is COc1ccc(N=Nc2c(-c3ccncc3)[nH][nH]c2=O)cc1OC. The van der Waals surface area contributed by atoms with Crippen LogP contribution in [-0.4, -0.2) is 29.4 Å². The van der Waals surface area contributed by atoms with E-state index in [1.165, 1.54) is 7.11 Å². The van der Waals surface area contributed by atoms with Gasteiger partial charge in [-0.1, -0.05) is 0 Å². The monoisotopic (exact) mass is 325 g/mol. The van der Waals surface area contributed by atoms with E-state index in [1.807, 2.05) is 0 Å². The second-order valence-electron chi connectivity index (χ2n) is 4.78. The van der Waals surface area contributed by atoms with Gasteiger partial charge in [0, 0.05) is 24.0 Å². The summed E-state index contributed by atoms with van der Waals surface area (Å²) in [5, 5.41) is 13.5. The molecule has 2 heterocycles. The van der Waals surface area contributed by atoms with Crippen molar-refractivity contribution in [1.29, 1.82) is 0 Å². The van der Waals surface area contributed by atoms with Gasteiger partial charge in [0.1, 0.15) is 0 Å². The average molecular weight is 325 g/mol. The fourth-order valence-electron chi connectivity index (χ4n) is 2.17. The van der Waals surface area contributed by atoms with Crippen LogP contribution in [-0.2, 0) is 0 Å². The molecule has 0 fully saturated rings. The third kappa shape index (κ3) is 3.02. The number of hydrogen-bond donors (Lipinski definition) is 2. The Morgan fingerprint density at radius 3 is 2.42 bits per heavy atom. The van der Waals surface area contributed by atoms with E-state index in [4.69, 9.17) is 9.47 Å². The molecule has 0 bridgehead atoms. The fourth-order valence-corrected chi connectivity index (χ4v) is 2.17. The summed E-state index contributed by atoms with van der Waals surface area (Å²) in [6.07, 6.45) is 3.27. The van der Waals surface area contributed by atoms with E-state index in [2.05, 4.69) is 25.4 Å². The molecule has 0 aliphatic carbocycles. The van der Waals surface area contributed by atoms with E-state index in [1.54, 1.807) is 49.8 Å². The van der Waals surface area contributed by atoms with E-state index in [0.29, 0.717) is 22.9 Å². The molecule has 0 radical (unpaired) electrons.